The van der Waals surface area contributed by atoms with Crippen molar-refractivity contribution in [2.24, 2.45) is 11.8 Å². The number of hydrogen-bond acceptors (Lipinski definition) is 2. The van der Waals surface area contributed by atoms with Gasteiger partial charge in [0.2, 0.25) is 0 Å². The number of nitrogens with two attached hydrogens (primary N) is 1. The predicted octanol–water partition coefficient (Wildman–Crippen LogP) is 3.39. The quantitative estimate of drug-likeness (QED) is 0.696. The molecule has 0 aromatic carbocycles. The van der Waals surface area contributed by atoms with Gasteiger partial charge in [-0.2, -0.15) is 0 Å². The Kier molecular flexibility index (Phi) is 5.36. The summed E-state index contributed by atoms with van der Waals surface area (Å²) >= 11 is 0. The van der Waals surface area contributed by atoms with E-state index in [1.807, 2.05) is 6.20 Å². The highest BCUT2D eigenvalue weighted by Crippen LogP contribution is 2.21. The maximum Gasteiger partial charge on any atom is 0.197 e. The van der Waals surface area contributed by atoms with Crippen molar-refractivity contribution in [2.75, 3.05) is 5.73 Å². The number of unbranched alkanes of at least 4 members (excludes halogenated alkanes) is 1. The van der Waals surface area contributed by atoms with Gasteiger partial charge in [0.25, 0.3) is 0 Å². The van der Waals surface area contributed by atoms with E-state index in [-0.39, 0.29) is 0 Å². The zero-order valence-electron chi connectivity index (χ0n) is 10.8. The summed E-state index contributed by atoms with van der Waals surface area (Å²) < 4.78 is 0. The lowest BCUT2D eigenvalue weighted by molar-refractivity contribution is 0.337. The lowest BCUT2D eigenvalue weighted by atomic mass is 9.88. The second-order valence-electron chi connectivity index (χ2n) is 4.94. The third kappa shape index (κ3) is 4.25. The fourth-order valence-electron chi connectivity index (χ4n) is 2.23. The van der Waals surface area contributed by atoms with Crippen LogP contribution in [0.25, 0.3) is 0 Å². The van der Waals surface area contributed by atoms with Crippen molar-refractivity contribution >= 4 is 5.95 Å². The molecule has 3 nitrogen and oxygen atoms in total. The molecule has 0 aliphatic heterocycles. The highest BCUT2D eigenvalue weighted by Gasteiger charge is 2.10. The Bertz CT molecular complexity index is 291. The molecule has 0 radical (unpaired) electrons. The molecule has 16 heavy (non-hydrogen) atoms. The maximum atomic E-state index is 5.53. The Morgan fingerprint density at radius 3 is 2.62 bits per heavy atom. The Labute approximate surface area is 98.8 Å². The van der Waals surface area contributed by atoms with Gasteiger partial charge in [-0.15, -0.1) is 0 Å². The van der Waals surface area contributed by atoms with Gasteiger partial charge in [-0.3, -0.25) is 0 Å². The fraction of sp³-hybridized carbons (Fsp3) is 0.769. The first-order chi connectivity index (χ1) is 7.63. The summed E-state index contributed by atoms with van der Waals surface area (Å²) in [4.78, 5) is 7.12. The minimum Gasteiger partial charge on any atom is -0.369 e. The summed E-state index contributed by atoms with van der Waals surface area (Å²) in [6.45, 7) is 6.93. The number of aryl methyl sites for hydroxylation is 1. The maximum absolute atomic E-state index is 5.53. The number of nitrogens with one attached hydrogen (secondary N) is 1. The summed E-state index contributed by atoms with van der Waals surface area (Å²) in [5.74, 6) is 2.22. The minimum absolute atomic E-state index is 0.531. The van der Waals surface area contributed by atoms with Crippen LogP contribution in [-0.2, 0) is 6.42 Å². The van der Waals surface area contributed by atoms with Crippen LogP contribution < -0.4 is 5.73 Å². The van der Waals surface area contributed by atoms with Crippen LogP contribution in [0.3, 0.4) is 0 Å². The number of H-pyrrole nitrogens is 1. The Balaban J connectivity index is 2.16. The molecule has 0 fully saturated rings. The fourth-order valence-corrected chi connectivity index (χ4v) is 2.23. The second-order valence-corrected chi connectivity index (χ2v) is 4.94. The van der Waals surface area contributed by atoms with Crippen LogP contribution in [0.2, 0.25) is 0 Å². The molecule has 1 unspecified atom stereocenters. The number of hydrogen-bond donors (Lipinski definition) is 2. The second kappa shape index (κ2) is 6.56. The average molecular weight is 223 g/mol. The van der Waals surface area contributed by atoms with Crippen molar-refractivity contribution in [3.63, 3.8) is 0 Å². The molecule has 0 aliphatic rings. The van der Waals surface area contributed by atoms with E-state index in [4.69, 9.17) is 5.73 Å². The van der Waals surface area contributed by atoms with E-state index in [1.54, 1.807) is 0 Å². The van der Waals surface area contributed by atoms with Crippen molar-refractivity contribution in [3.8, 4) is 0 Å². The van der Waals surface area contributed by atoms with E-state index in [1.165, 1.54) is 25.7 Å². The Morgan fingerprint density at radius 2 is 2.12 bits per heavy atom. The van der Waals surface area contributed by atoms with Crippen molar-refractivity contribution in [2.45, 2.75) is 52.9 Å². The van der Waals surface area contributed by atoms with Gasteiger partial charge < -0.3 is 10.7 Å². The summed E-state index contributed by atoms with van der Waals surface area (Å²) in [5, 5.41) is 0. The molecule has 0 aliphatic carbocycles. The van der Waals surface area contributed by atoms with Crippen molar-refractivity contribution in [1.82, 2.24) is 9.97 Å². The molecule has 0 amide bonds. The summed E-state index contributed by atoms with van der Waals surface area (Å²) in [6, 6.07) is 0. The molecular weight excluding hydrogens is 198 g/mol. The zero-order valence-corrected chi connectivity index (χ0v) is 10.8. The lowest BCUT2D eigenvalue weighted by Gasteiger charge is -2.18. The monoisotopic (exact) mass is 223 g/mol. The van der Waals surface area contributed by atoms with Crippen molar-refractivity contribution in [3.05, 3.63) is 11.9 Å². The van der Waals surface area contributed by atoms with Crippen molar-refractivity contribution < 1.29 is 0 Å². The average Bonchev–Trinajstić information content (AvgIpc) is 2.64. The molecule has 3 N–H and O–H groups in total. The molecule has 0 bridgehead atoms. The van der Waals surface area contributed by atoms with Crippen LogP contribution in [0.5, 0.6) is 0 Å². The van der Waals surface area contributed by atoms with Crippen LogP contribution in [0.15, 0.2) is 6.20 Å². The van der Waals surface area contributed by atoms with E-state index in [2.05, 4.69) is 30.7 Å². The molecule has 92 valence electrons. The number of nitrogen functional groups attached to an aromatic ring is 1. The normalized spacial score (nSPS) is 13.2. The molecule has 0 spiro atoms. The first kappa shape index (κ1) is 13.1. The van der Waals surface area contributed by atoms with Gasteiger partial charge in [-0.25, -0.2) is 4.98 Å². The number of rotatable bonds is 7. The predicted molar refractivity (Wildman–Crippen MR) is 69.2 cm³/mol. The van der Waals surface area contributed by atoms with E-state index in [9.17, 15) is 0 Å². The van der Waals surface area contributed by atoms with Gasteiger partial charge in [0.05, 0.1) is 5.69 Å². The van der Waals surface area contributed by atoms with Gasteiger partial charge >= 0.3 is 0 Å². The highest BCUT2D eigenvalue weighted by molar-refractivity contribution is 5.18. The van der Waals surface area contributed by atoms with Crippen LogP contribution in [-0.4, -0.2) is 9.97 Å². The van der Waals surface area contributed by atoms with Crippen LogP contribution in [0, 0.1) is 11.8 Å². The first-order valence-electron chi connectivity index (χ1n) is 6.43. The van der Waals surface area contributed by atoms with E-state index in [0.717, 1.165) is 24.0 Å². The number of aromatic amines is 1. The molecule has 0 saturated heterocycles. The Morgan fingerprint density at radius 1 is 1.38 bits per heavy atom. The molecule has 1 aromatic rings. The number of aromatic nitrogens is 2. The topological polar surface area (TPSA) is 54.7 Å². The zero-order chi connectivity index (χ0) is 12.0. The van der Waals surface area contributed by atoms with Gasteiger partial charge in [0, 0.05) is 6.20 Å². The Hall–Kier alpha value is -0.990. The van der Waals surface area contributed by atoms with Crippen LogP contribution in [0.1, 0.15) is 52.1 Å². The minimum atomic E-state index is 0.531. The SMILES string of the molecule is CCC(CCCCc1c[nH]c(N)n1)C(C)C. The standard InChI is InChI=1S/C13H25N3/c1-4-11(10(2)3)7-5-6-8-12-9-15-13(14)16-12/h9-11H,4-8H2,1-3H3,(H3,14,15,16). The third-order valence-corrected chi connectivity index (χ3v) is 3.38. The largest absolute Gasteiger partial charge is 0.369 e. The van der Waals surface area contributed by atoms with Gasteiger partial charge in [0.15, 0.2) is 5.95 Å². The molecule has 1 rings (SSSR count). The molecular formula is C13H25N3. The van der Waals surface area contributed by atoms with E-state index >= 15 is 0 Å². The third-order valence-electron chi connectivity index (χ3n) is 3.38. The van der Waals surface area contributed by atoms with E-state index < -0.39 is 0 Å². The van der Waals surface area contributed by atoms with Crippen LogP contribution in [0.4, 0.5) is 5.95 Å². The summed E-state index contributed by atoms with van der Waals surface area (Å²) in [6.07, 6.45) is 8.11. The van der Waals surface area contributed by atoms with Gasteiger partial charge in [0.1, 0.15) is 0 Å². The first-order valence-corrected chi connectivity index (χ1v) is 6.43. The molecule has 0 saturated carbocycles. The smallest absolute Gasteiger partial charge is 0.197 e. The number of anilines is 1. The highest BCUT2D eigenvalue weighted by atomic mass is 15.0. The van der Waals surface area contributed by atoms with Crippen molar-refractivity contribution in [1.29, 1.82) is 0 Å². The molecule has 1 atom stereocenters. The molecule has 3 heteroatoms. The summed E-state index contributed by atoms with van der Waals surface area (Å²) in [7, 11) is 0. The van der Waals surface area contributed by atoms with E-state index in [0.29, 0.717) is 5.95 Å². The molecule has 1 heterocycles. The van der Waals surface area contributed by atoms with Crippen LogP contribution >= 0.6 is 0 Å². The van der Waals surface area contributed by atoms with Gasteiger partial charge in [-0.05, 0) is 24.7 Å². The summed E-state index contributed by atoms with van der Waals surface area (Å²) in [5.41, 5.74) is 6.62. The van der Waals surface area contributed by atoms with Gasteiger partial charge in [-0.1, -0.05) is 40.0 Å². The lowest BCUT2D eigenvalue weighted by Crippen LogP contribution is -2.07. The number of imidazole rings is 1. The number of nitrogens with zero attached hydrogens (tertiary/aromatic N) is 1. The molecule has 1 aromatic heterocycles.